The molecular formula is C13H18N2O2S. The predicted octanol–water partition coefficient (Wildman–Crippen LogP) is 2.31. The third-order valence-electron chi connectivity index (χ3n) is 2.01. The Kier molecular flexibility index (Phi) is 6.14. The minimum Gasteiger partial charge on any atom is -0.463 e. The lowest BCUT2D eigenvalue weighted by Crippen LogP contribution is -2.30. The van der Waals surface area contributed by atoms with Gasteiger partial charge in [0.2, 0.25) is 0 Å². The molecule has 0 atom stereocenters. The fraction of sp³-hybridized carbons (Fsp3) is 0.385. The van der Waals surface area contributed by atoms with Crippen LogP contribution in [-0.2, 0) is 9.53 Å². The van der Waals surface area contributed by atoms with Crippen molar-refractivity contribution in [1.82, 2.24) is 5.32 Å². The van der Waals surface area contributed by atoms with Crippen molar-refractivity contribution in [3.63, 3.8) is 0 Å². The fourth-order valence-corrected chi connectivity index (χ4v) is 1.52. The molecule has 18 heavy (non-hydrogen) atoms. The first-order valence-corrected chi connectivity index (χ1v) is 6.28. The van der Waals surface area contributed by atoms with E-state index >= 15 is 0 Å². The number of benzene rings is 1. The van der Waals surface area contributed by atoms with E-state index in [2.05, 4.69) is 10.6 Å². The van der Waals surface area contributed by atoms with Gasteiger partial charge in [0.05, 0.1) is 12.5 Å². The van der Waals surface area contributed by atoms with Gasteiger partial charge >= 0.3 is 5.97 Å². The number of hydrogen-bond acceptors (Lipinski definition) is 3. The SMILES string of the molecule is CC(C)OC(=O)CCNC(=S)Nc1ccccc1. The third kappa shape index (κ3) is 6.20. The average molecular weight is 266 g/mol. The van der Waals surface area contributed by atoms with Crippen molar-refractivity contribution in [3.05, 3.63) is 30.3 Å². The van der Waals surface area contributed by atoms with Gasteiger partial charge in [0.15, 0.2) is 5.11 Å². The van der Waals surface area contributed by atoms with E-state index in [1.807, 2.05) is 44.2 Å². The summed E-state index contributed by atoms with van der Waals surface area (Å²) in [5.41, 5.74) is 0.916. The van der Waals surface area contributed by atoms with Crippen LogP contribution in [-0.4, -0.2) is 23.7 Å². The maximum absolute atomic E-state index is 11.3. The molecule has 0 spiro atoms. The molecular weight excluding hydrogens is 248 g/mol. The average Bonchev–Trinajstić information content (AvgIpc) is 2.29. The number of nitrogens with one attached hydrogen (secondary N) is 2. The number of ether oxygens (including phenoxy) is 1. The molecule has 0 aliphatic heterocycles. The predicted molar refractivity (Wildman–Crippen MR) is 76.5 cm³/mol. The number of rotatable bonds is 5. The summed E-state index contributed by atoms with van der Waals surface area (Å²) in [6.45, 7) is 4.12. The zero-order valence-corrected chi connectivity index (χ0v) is 11.4. The van der Waals surface area contributed by atoms with E-state index in [0.29, 0.717) is 18.1 Å². The van der Waals surface area contributed by atoms with Crippen molar-refractivity contribution < 1.29 is 9.53 Å². The fourth-order valence-electron chi connectivity index (χ4n) is 1.30. The molecule has 0 saturated carbocycles. The summed E-state index contributed by atoms with van der Waals surface area (Å²) in [4.78, 5) is 11.3. The van der Waals surface area contributed by atoms with Gasteiger partial charge < -0.3 is 15.4 Å². The Morgan fingerprint density at radius 1 is 1.33 bits per heavy atom. The molecule has 5 heteroatoms. The topological polar surface area (TPSA) is 50.4 Å². The van der Waals surface area contributed by atoms with E-state index < -0.39 is 0 Å². The molecule has 0 bridgehead atoms. The van der Waals surface area contributed by atoms with Crippen LogP contribution in [0.15, 0.2) is 30.3 Å². The van der Waals surface area contributed by atoms with E-state index in [1.165, 1.54) is 0 Å². The van der Waals surface area contributed by atoms with Crippen LogP contribution in [0.5, 0.6) is 0 Å². The van der Waals surface area contributed by atoms with Gasteiger partial charge in [-0.3, -0.25) is 4.79 Å². The van der Waals surface area contributed by atoms with Crippen LogP contribution in [0, 0.1) is 0 Å². The Morgan fingerprint density at radius 3 is 2.61 bits per heavy atom. The zero-order valence-electron chi connectivity index (χ0n) is 10.6. The van der Waals surface area contributed by atoms with Crippen molar-refractivity contribution in [1.29, 1.82) is 0 Å². The van der Waals surface area contributed by atoms with Crippen molar-refractivity contribution >= 4 is 29.0 Å². The third-order valence-corrected chi connectivity index (χ3v) is 2.26. The van der Waals surface area contributed by atoms with Gasteiger partial charge in [0.25, 0.3) is 0 Å². The summed E-state index contributed by atoms with van der Waals surface area (Å²) < 4.78 is 5.01. The molecule has 1 aromatic rings. The van der Waals surface area contributed by atoms with Gasteiger partial charge in [-0.25, -0.2) is 0 Å². The summed E-state index contributed by atoms with van der Waals surface area (Å²) >= 11 is 5.10. The second kappa shape index (κ2) is 7.66. The standard InChI is InChI=1S/C13H18N2O2S/c1-10(2)17-12(16)8-9-14-13(18)15-11-6-4-3-5-7-11/h3-7,10H,8-9H2,1-2H3,(H2,14,15,18). The molecule has 1 aromatic carbocycles. The molecule has 0 radical (unpaired) electrons. The Balaban J connectivity index is 2.20. The van der Waals surface area contributed by atoms with Crippen LogP contribution in [0.4, 0.5) is 5.69 Å². The smallest absolute Gasteiger partial charge is 0.307 e. The molecule has 0 aliphatic rings. The van der Waals surface area contributed by atoms with E-state index in [9.17, 15) is 4.79 Å². The molecule has 0 saturated heterocycles. The number of para-hydroxylation sites is 1. The molecule has 2 N–H and O–H groups in total. The van der Waals surface area contributed by atoms with Crippen molar-refractivity contribution in [2.24, 2.45) is 0 Å². The Morgan fingerprint density at radius 2 is 2.00 bits per heavy atom. The van der Waals surface area contributed by atoms with E-state index in [1.54, 1.807) is 0 Å². The monoisotopic (exact) mass is 266 g/mol. The van der Waals surface area contributed by atoms with Gasteiger partial charge in [-0.2, -0.15) is 0 Å². The molecule has 0 amide bonds. The maximum Gasteiger partial charge on any atom is 0.307 e. The minimum atomic E-state index is -0.222. The highest BCUT2D eigenvalue weighted by Gasteiger charge is 2.05. The number of hydrogen-bond donors (Lipinski definition) is 2. The Labute approximate surface area is 113 Å². The summed E-state index contributed by atoms with van der Waals surface area (Å²) in [6, 6.07) is 9.61. The molecule has 4 nitrogen and oxygen atoms in total. The highest BCUT2D eigenvalue weighted by Crippen LogP contribution is 2.04. The summed E-state index contributed by atoms with van der Waals surface area (Å²) in [5, 5.41) is 6.48. The molecule has 98 valence electrons. The molecule has 1 rings (SSSR count). The van der Waals surface area contributed by atoms with Crippen molar-refractivity contribution in [2.75, 3.05) is 11.9 Å². The van der Waals surface area contributed by atoms with Crippen LogP contribution in [0.1, 0.15) is 20.3 Å². The molecule has 0 aliphatic carbocycles. The number of carbonyl (C=O) groups excluding carboxylic acids is 1. The summed E-state index contributed by atoms with van der Waals surface area (Å²) in [7, 11) is 0. The van der Waals surface area contributed by atoms with Crippen molar-refractivity contribution in [2.45, 2.75) is 26.4 Å². The Hall–Kier alpha value is -1.62. The number of esters is 1. The second-order valence-corrected chi connectivity index (χ2v) is 4.44. The van der Waals surface area contributed by atoms with Gasteiger partial charge in [-0.1, -0.05) is 18.2 Å². The van der Waals surface area contributed by atoms with Gasteiger partial charge in [0, 0.05) is 12.2 Å². The zero-order chi connectivity index (χ0) is 13.4. The summed E-state index contributed by atoms with van der Waals surface area (Å²) in [5.74, 6) is -0.222. The quantitative estimate of drug-likeness (QED) is 0.633. The van der Waals surface area contributed by atoms with Gasteiger partial charge in [-0.15, -0.1) is 0 Å². The largest absolute Gasteiger partial charge is 0.463 e. The number of thiocarbonyl (C=S) groups is 1. The lowest BCUT2D eigenvalue weighted by atomic mass is 10.3. The van der Waals surface area contributed by atoms with Crippen LogP contribution >= 0.6 is 12.2 Å². The first kappa shape index (κ1) is 14.4. The van der Waals surface area contributed by atoms with Crippen LogP contribution < -0.4 is 10.6 Å². The second-order valence-electron chi connectivity index (χ2n) is 4.04. The molecule has 0 unspecified atom stereocenters. The molecule has 0 aromatic heterocycles. The van der Waals surface area contributed by atoms with Crippen LogP contribution in [0.3, 0.4) is 0 Å². The van der Waals surface area contributed by atoms with E-state index in [0.717, 1.165) is 5.69 Å². The Bertz CT molecular complexity index is 393. The molecule has 0 fully saturated rings. The summed E-state index contributed by atoms with van der Waals surface area (Å²) in [6.07, 6.45) is 0.223. The van der Waals surface area contributed by atoms with Crippen LogP contribution in [0.25, 0.3) is 0 Å². The van der Waals surface area contributed by atoms with E-state index in [-0.39, 0.29) is 12.1 Å². The molecule has 0 heterocycles. The first-order chi connectivity index (χ1) is 8.58. The highest BCUT2D eigenvalue weighted by atomic mass is 32.1. The van der Waals surface area contributed by atoms with Crippen molar-refractivity contribution in [3.8, 4) is 0 Å². The lowest BCUT2D eigenvalue weighted by Gasteiger charge is -2.11. The van der Waals surface area contributed by atoms with Gasteiger partial charge in [0.1, 0.15) is 0 Å². The number of anilines is 1. The first-order valence-electron chi connectivity index (χ1n) is 5.87. The normalized spacial score (nSPS) is 9.94. The van der Waals surface area contributed by atoms with Gasteiger partial charge in [-0.05, 0) is 38.2 Å². The maximum atomic E-state index is 11.3. The highest BCUT2D eigenvalue weighted by molar-refractivity contribution is 7.80. The number of carbonyl (C=O) groups is 1. The lowest BCUT2D eigenvalue weighted by molar-refractivity contribution is -0.147. The van der Waals surface area contributed by atoms with E-state index in [4.69, 9.17) is 17.0 Å². The van der Waals surface area contributed by atoms with Crippen LogP contribution in [0.2, 0.25) is 0 Å². The minimum absolute atomic E-state index is 0.0769.